The molecule has 5 aliphatic rings. The molecule has 15 heteroatoms. The van der Waals surface area contributed by atoms with Crippen LogP contribution in [-0.4, -0.2) is 93.5 Å². The van der Waals surface area contributed by atoms with Gasteiger partial charge in [0.2, 0.25) is 27.6 Å². The molecule has 626 valence electrons. The minimum absolute atomic E-state index is 0.225. The van der Waals surface area contributed by atoms with E-state index in [1.54, 1.807) is 0 Å². The second-order valence-corrected chi connectivity index (χ2v) is 36.6. The van der Waals surface area contributed by atoms with E-state index in [2.05, 4.69) is 505 Å². The van der Waals surface area contributed by atoms with E-state index in [1.165, 1.54) is 199 Å². The van der Waals surface area contributed by atoms with Gasteiger partial charge in [-0.25, -0.2) is 22.8 Å². The minimum Gasteiger partial charge on any atom is -0.408 e. The molecule has 0 atom stereocenters. The van der Waals surface area contributed by atoms with Crippen LogP contribution in [0, 0.1) is 33.6 Å². The number of rotatable bonds is 8. The molecule has 0 saturated carbocycles. The van der Waals surface area contributed by atoms with Crippen molar-refractivity contribution < 1.29 is 22.8 Å². The van der Waals surface area contributed by atoms with Crippen molar-refractivity contribution in [2.24, 2.45) is 41.2 Å². The van der Waals surface area contributed by atoms with Crippen molar-refractivity contribution in [3.8, 4) is 0 Å². The lowest BCUT2D eigenvalue weighted by Crippen LogP contribution is -2.66. The summed E-state index contributed by atoms with van der Waals surface area (Å²) in [4.78, 5) is 12.0. The maximum Gasteiger partial charge on any atom is 0.404 e. The van der Waals surface area contributed by atoms with Gasteiger partial charge in [0.05, 0.1) is 5.39 Å². The molecule has 0 bridgehead atoms. The van der Waals surface area contributed by atoms with E-state index in [0.717, 1.165) is 6.42 Å². The maximum atomic E-state index is 2.44. The van der Waals surface area contributed by atoms with Gasteiger partial charge in [0, 0.05) is 76.1 Å². The van der Waals surface area contributed by atoms with Crippen LogP contribution < -0.4 is 78.1 Å². The van der Waals surface area contributed by atoms with Crippen LogP contribution in [0.15, 0.2) is 295 Å². The highest BCUT2D eigenvalue weighted by molar-refractivity contribution is 6.85. The van der Waals surface area contributed by atoms with Gasteiger partial charge in [-0.1, -0.05) is 210 Å². The van der Waals surface area contributed by atoms with Gasteiger partial charge < -0.3 is 24.1 Å². The first-order valence-corrected chi connectivity index (χ1v) is 45.1. The SMILES string of the molecule is CC1=Cc2ccccc2B(c2cc(C(C)C)c3ccccc3[n+]2C)N1C.CC1=Cc2ccccc2B(c2cc(C)c3c(C)cccc3[n+]2C)N1C.CC1=Cc2ccccc2B(c2cc(C)c3ccccc3[n+]2C)N1C.CC1=Cc2ccccc2B(c2cc(CC(C)C)c3ccccc3[n+]2C)N1C.CC1=Cc2ccccc2B(c2ccc3c(C)cccc3[n+]2C)N1C. The number of hydrogen-bond acceptors (Lipinski definition) is 5. The van der Waals surface area contributed by atoms with Crippen LogP contribution in [0.25, 0.3) is 84.9 Å². The quantitative estimate of drug-likeness (QED) is 0.112. The number of fused-ring (bicyclic) bond motifs is 10. The number of aryl methyl sites for hydroxylation is 9. The molecule has 0 aliphatic carbocycles. The normalized spacial score (nSPS) is 13.9. The molecule has 20 rings (SSSR count). The summed E-state index contributed by atoms with van der Waals surface area (Å²) < 4.78 is 11.8. The Balaban J connectivity index is 0.000000116. The molecular formula is C111H122B5N10+5. The molecule has 126 heavy (non-hydrogen) atoms. The number of aromatic nitrogens is 5. The molecule has 0 saturated heterocycles. The Bertz CT molecular complexity index is 6920. The van der Waals surface area contributed by atoms with Crippen molar-refractivity contribution in [1.29, 1.82) is 0 Å². The Labute approximate surface area is 751 Å². The van der Waals surface area contributed by atoms with Crippen LogP contribution in [-0.2, 0) is 41.7 Å². The molecule has 0 spiro atoms. The molecule has 0 amide bonds. The third kappa shape index (κ3) is 16.3. The summed E-state index contributed by atoms with van der Waals surface area (Å²) in [7, 11) is 22.0. The number of nitrogens with zero attached hydrogens (tertiary/aromatic N) is 10. The molecule has 10 aromatic carbocycles. The zero-order valence-corrected chi connectivity index (χ0v) is 78.5. The third-order valence-corrected chi connectivity index (χ3v) is 27.9. The van der Waals surface area contributed by atoms with Gasteiger partial charge in [-0.3, -0.25) is 0 Å². The number of benzene rings is 10. The van der Waals surface area contributed by atoms with Crippen LogP contribution in [0.5, 0.6) is 0 Å². The maximum absolute atomic E-state index is 2.44. The Morgan fingerprint density at radius 2 is 0.540 bits per heavy atom. The Kier molecular flexibility index (Phi) is 24.9. The molecule has 15 aromatic rings. The van der Waals surface area contributed by atoms with E-state index in [0.29, 0.717) is 11.8 Å². The van der Waals surface area contributed by atoms with E-state index < -0.39 is 0 Å². The van der Waals surface area contributed by atoms with Gasteiger partial charge in [-0.15, -0.1) is 0 Å². The average molecular weight is 1650 g/mol. The Morgan fingerprint density at radius 1 is 0.254 bits per heavy atom. The average Bonchev–Trinajstić information content (AvgIpc) is 0.760. The summed E-state index contributed by atoms with van der Waals surface area (Å²) in [6.45, 7) is 30.1. The third-order valence-electron chi connectivity index (χ3n) is 27.9. The van der Waals surface area contributed by atoms with Gasteiger partial charge in [0.1, 0.15) is 35.2 Å². The highest BCUT2D eigenvalue weighted by Crippen LogP contribution is 2.29. The molecule has 5 aliphatic heterocycles. The summed E-state index contributed by atoms with van der Waals surface area (Å²) in [6, 6.07) is 97.3. The number of allylic oxidation sites excluding steroid dienone is 5. The van der Waals surface area contributed by atoms with Crippen LogP contribution in [0.4, 0.5) is 0 Å². The van der Waals surface area contributed by atoms with Crippen LogP contribution >= 0.6 is 0 Å². The van der Waals surface area contributed by atoms with Gasteiger partial charge in [0.25, 0.3) is 0 Å². The first-order chi connectivity index (χ1) is 60.6. The molecule has 10 nitrogen and oxygen atoms in total. The van der Waals surface area contributed by atoms with Gasteiger partial charge in [0.15, 0.2) is 28.0 Å². The summed E-state index contributed by atoms with van der Waals surface area (Å²) >= 11 is 0. The topological polar surface area (TPSA) is 35.6 Å². The van der Waals surface area contributed by atoms with Crippen molar-refractivity contribution in [3.05, 3.63) is 357 Å². The molecule has 0 unspecified atom stereocenters. The van der Waals surface area contributed by atoms with Crippen molar-refractivity contribution in [1.82, 2.24) is 24.1 Å². The van der Waals surface area contributed by atoms with E-state index in [9.17, 15) is 0 Å². The second kappa shape index (κ2) is 36.1. The van der Waals surface area contributed by atoms with Gasteiger partial charge >= 0.3 is 34.2 Å². The van der Waals surface area contributed by atoms with E-state index in [-0.39, 0.29) is 34.2 Å². The lowest BCUT2D eigenvalue weighted by molar-refractivity contribution is -0.627. The summed E-state index contributed by atoms with van der Waals surface area (Å²) in [5.74, 6) is 1.12. The predicted octanol–water partition coefficient (Wildman–Crippen LogP) is 13.9. The summed E-state index contributed by atoms with van der Waals surface area (Å²) in [5, 5.41) is 6.74. The smallest absolute Gasteiger partial charge is 0.404 e. The minimum atomic E-state index is 0.225. The largest absolute Gasteiger partial charge is 0.408 e. The monoisotopic (exact) mass is 1650 g/mol. The van der Waals surface area contributed by atoms with Crippen LogP contribution in [0.3, 0.4) is 0 Å². The van der Waals surface area contributed by atoms with Crippen LogP contribution in [0.2, 0.25) is 0 Å². The predicted molar refractivity (Wildman–Crippen MR) is 542 cm³/mol. The fourth-order valence-corrected chi connectivity index (χ4v) is 20.6. The lowest BCUT2D eigenvalue weighted by Gasteiger charge is -2.32. The molecule has 10 heterocycles. The fourth-order valence-electron chi connectivity index (χ4n) is 20.6. The summed E-state index contributed by atoms with van der Waals surface area (Å²) in [6.07, 6.45) is 12.5. The number of hydrogen-bond donors (Lipinski definition) is 0. The Morgan fingerprint density at radius 3 is 0.944 bits per heavy atom. The van der Waals surface area contributed by atoms with Crippen molar-refractivity contribution >= 4 is 174 Å². The van der Waals surface area contributed by atoms with E-state index in [4.69, 9.17) is 0 Å². The zero-order chi connectivity index (χ0) is 89.0. The van der Waals surface area contributed by atoms with E-state index >= 15 is 0 Å². The van der Waals surface area contributed by atoms with Crippen molar-refractivity contribution in [3.63, 3.8) is 0 Å². The Hall–Kier alpha value is -12.7. The van der Waals surface area contributed by atoms with Crippen molar-refractivity contribution in [2.45, 2.75) is 102 Å². The summed E-state index contributed by atoms with van der Waals surface area (Å²) in [5.41, 5.74) is 41.3. The standard InChI is InChI=1S/C24H28BN2.C23H26BN2.C22H24BN2.2C21H22BN2/c1-17(2)14-20-16-24(26(4)23-13-9-7-11-21(20)23)25-22-12-8-6-10-19(22)15-18(3)27(25)5;1-16(2)20-15-23(25(4)22-13-9-7-11-19(20)22)24-21-12-8-6-10-18(21)14-17(3)26(24)5;1-15-9-8-12-20-22(15)16(2)13-21(24(20)4)23-19-11-7-6-10-18(19)14-17(3)25(23)5;1-15-13-21(23(3)20-12-8-6-10-18(15)20)22-19-11-7-5-9-17(19)14-16(2)24(22)4;1-15-8-7-11-20-18(15)12-13-21(23(20)3)22-19-10-6-5-9-17(19)14-16(2)24(22)4/h6-13,15-17H,14H2,1-5H3;6-16H,1-5H3;6-14H,1-5H3;2*5-14H,1-4H3/q5*+1. The highest BCUT2D eigenvalue weighted by Gasteiger charge is 2.44. The number of para-hydroxylation sites is 3. The number of pyridine rings is 5. The van der Waals surface area contributed by atoms with Crippen molar-refractivity contribution in [2.75, 3.05) is 35.2 Å². The molecule has 0 fully saturated rings. The second-order valence-electron chi connectivity index (χ2n) is 36.6. The highest BCUT2D eigenvalue weighted by atomic mass is 15.1. The lowest BCUT2D eigenvalue weighted by atomic mass is 9.48. The molecular weight excluding hydrogens is 1530 g/mol. The molecule has 5 aromatic heterocycles. The molecule has 0 N–H and O–H groups in total. The fraction of sp³-hybridized carbons (Fsp3) is 0.234. The van der Waals surface area contributed by atoms with Crippen LogP contribution in [0.1, 0.15) is 129 Å². The first-order valence-electron chi connectivity index (χ1n) is 45.1. The molecule has 0 radical (unpaired) electrons. The van der Waals surface area contributed by atoms with E-state index in [1.807, 2.05) is 0 Å². The zero-order valence-electron chi connectivity index (χ0n) is 78.5. The first kappa shape index (κ1) is 86.8. The van der Waals surface area contributed by atoms with Gasteiger partial charge in [-0.05, 0) is 294 Å². The van der Waals surface area contributed by atoms with Gasteiger partial charge in [-0.2, -0.15) is 0 Å².